The van der Waals surface area contributed by atoms with Crippen LogP contribution in [-0.4, -0.2) is 37.0 Å². The molecule has 1 amide bonds. The fourth-order valence-electron chi connectivity index (χ4n) is 2.87. The van der Waals surface area contributed by atoms with Crippen molar-refractivity contribution in [3.8, 4) is 0 Å². The van der Waals surface area contributed by atoms with Crippen molar-refractivity contribution < 1.29 is 4.79 Å². The molecule has 0 unspecified atom stereocenters. The second kappa shape index (κ2) is 6.25. The van der Waals surface area contributed by atoms with E-state index in [2.05, 4.69) is 51.8 Å². The molecule has 0 aromatic heterocycles. The Balaban J connectivity index is 2.73. The number of hydrogen-bond donors (Lipinski definition) is 1. The molecular weight excluding hydrogens is 236 g/mol. The minimum absolute atomic E-state index is 0.165. The molecule has 0 aromatic carbocycles. The molecule has 3 heteroatoms. The van der Waals surface area contributed by atoms with Crippen LogP contribution in [-0.2, 0) is 4.79 Å². The van der Waals surface area contributed by atoms with Gasteiger partial charge in [0.05, 0.1) is 0 Å². The van der Waals surface area contributed by atoms with Gasteiger partial charge < -0.3 is 10.2 Å². The van der Waals surface area contributed by atoms with E-state index in [1.54, 1.807) is 0 Å². The summed E-state index contributed by atoms with van der Waals surface area (Å²) < 4.78 is 0. The minimum Gasteiger partial charge on any atom is -0.340 e. The Labute approximate surface area is 119 Å². The monoisotopic (exact) mass is 268 g/mol. The summed E-state index contributed by atoms with van der Waals surface area (Å²) in [6, 6.07) is 0. The quantitative estimate of drug-likeness (QED) is 0.853. The van der Waals surface area contributed by atoms with Gasteiger partial charge in [0.25, 0.3) is 0 Å². The molecule has 19 heavy (non-hydrogen) atoms. The average Bonchev–Trinajstić information content (AvgIpc) is 2.24. The van der Waals surface area contributed by atoms with Crippen LogP contribution >= 0.6 is 0 Å². The van der Waals surface area contributed by atoms with Crippen molar-refractivity contribution in [3.63, 3.8) is 0 Å². The summed E-state index contributed by atoms with van der Waals surface area (Å²) in [5.74, 6) is 0.532. The van der Waals surface area contributed by atoms with E-state index < -0.39 is 0 Å². The van der Waals surface area contributed by atoms with Gasteiger partial charge in [-0.15, -0.1) is 0 Å². The van der Waals surface area contributed by atoms with Crippen LogP contribution in [0.25, 0.3) is 0 Å². The zero-order valence-corrected chi connectivity index (χ0v) is 13.7. The summed E-state index contributed by atoms with van der Waals surface area (Å²) in [5.41, 5.74) is 0.416. The molecule has 0 radical (unpaired) electrons. The van der Waals surface area contributed by atoms with Crippen molar-refractivity contribution in [2.45, 2.75) is 54.4 Å². The second-order valence-corrected chi connectivity index (χ2v) is 8.30. The highest BCUT2D eigenvalue weighted by Crippen LogP contribution is 2.34. The molecule has 1 aliphatic rings. The third-order valence-electron chi connectivity index (χ3n) is 3.50. The van der Waals surface area contributed by atoms with Crippen LogP contribution in [0.15, 0.2) is 0 Å². The lowest BCUT2D eigenvalue weighted by molar-refractivity contribution is -0.138. The van der Waals surface area contributed by atoms with Crippen LogP contribution < -0.4 is 5.32 Å². The second-order valence-electron chi connectivity index (χ2n) is 8.30. The van der Waals surface area contributed by atoms with Gasteiger partial charge in [0.1, 0.15) is 0 Å². The van der Waals surface area contributed by atoms with E-state index in [9.17, 15) is 4.79 Å². The number of carbonyl (C=O) groups excluding carboxylic acids is 1. The summed E-state index contributed by atoms with van der Waals surface area (Å²) in [4.78, 5) is 14.8. The molecule has 0 spiro atoms. The molecule has 0 aliphatic carbocycles. The predicted molar refractivity (Wildman–Crippen MR) is 81.1 cm³/mol. The lowest BCUT2D eigenvalue weighted by Crippen LogP contribution is -2.49. The number of hydrogen-bond acceptors (Lipinski definition) is 2. The molecule has 1 saturated heterocycles. The number of amides is 1. The molecular formula is C16H32N2O. The van der Waals surface area contributed by atoms with Gasteiger partial charge in [0.2, 0.25) is 5.91 Å². The number of nitrogens with zero attached hydrogens (tertiary/aromatic N) is 1. The SMILES string of the molecule is CC(C)(C)CC(CC(C)(C)C)C(=O)N1CCNCC1. The van der Waals surface area contributed by atoms with Crippen molar-refractivity contribution in [1.82, 2.24) is 10.2 Å². The van der Waals surface area contributed by atoms with Crippen LogP contribution in [0.1, 0.15) is 54.4 Å². The minimum atomic E-state index is 0.165. The van der Waals surface area contributed by atoms with E-state index >= 15 is 0 Å². The van der Waals surface area contributed by atoms with Crippen LogP contribution in [0, 0.1) is 16.7 Å². The Kier molecular flexibility index (Phi) is 5.43. The van der Waals surface area contributed by atoms with Crippen LogP contribution in [0.5, 0.6) is 0 Å². The van der Waals surface area contributed by atoms with E-state index in [-0.39, 0.29) is 16.7 Å². The molecule has 0 bridgehead atoms. The van der Waals surface area contributed by atoms with Crippen molar-refractivity contribution >= 4 is 5.91 Å². The van der Waals surface area contributed by atoms with Gasteiger partial charge in [-0.2, -0.15) is 0 Å². The Bertz CT molecular complexity index is 277. The molecule has 1 aliphatic heterocycles. The van der Waals surface area contributed by atoms with Gasteiger partial charge >= 0.3 is 0 Å². The first-order valence-electron chi connectivity index (χ1n) is 7.58. The normalized spacial score (nSPS) is 17.9. The van der Waals surface area contributed by atoms with Gasteiger partial charge in [0.15, 0.2) is 0 Å². The van der Waals surface area contributed by atoms with Gasteiger partial charge in [-0.05, 0) is 23.7 Å². The number of piperazine rings is 1. The van der Waals surface area contributed by atoms with Gasteiger partial charge in [0, 0.05) is 32.1 Å². The molecule has 112 valence electrons. The van der Waals surface area contributed by atoms with Crippen molar-refractivity contribution in [2.24, 2.45) is 16.7 Å². The van der Waals surface area contributed by atoms with E-state index in [4.69, 9.17) is 0 Å². The zero-order valence-electron chi connectivity index (χ0n) is 13.7. The smallest absolute Gasteiger partial charge is 0.225 e. The van der Waals surface area contributed by atoms with Gasteiger partial charge in [-0.25, -0.2) is 0 Å². The molecule has 1 heterocycles. The molecule has 0 atom stereocenters. The summed E-state index contributed by atoms with van der Waals surface area (Å²) >= 11 is 0. The summed E-state index contributed by atoms with van der Waals surface area (Å²) in [5, 5.41) is 3.31. The molecule has 0 saturated carbocycles. The van der Waals surface area contributed by atoms with Crippen LogP contribution in [0.4, 0.5) is 0 Å². The Morgan fingerprint density at radius 2 is 1.42 bits per heavy atom. The fourth-order valence-corrected chi connectivity index (χ4v) is 2.87. The summed E-state index contributed by atoms with van der Waals surface area (Å²) in [7, 11) is 0. The molecule has 0 aromatic rings. The highest BCUT2D eigenvalue weighted by Gasteiger charge is 2.32. The average molecular weight is 268 g/mol. The fraction of sp³-hybridized carbons (Fsp3) is 0.938. The maximum absolute atomic E-state index is 12.8. The third kappa shape index (κ3) is 6.42. The first-order chi connectivity index (χ1) is 8.58. The Morgan fingerprint density at radius 3 is 1.79 bits per heavy atom. The predicted octanol–water partition coefficient (Wildman–Crippen LogP) is 2.91. The summed E-state index contributed by atoms with van der Waals surface area (Å²) in [6.07, 6.45) is 1.96. The first-order valence-corrected chi connectivity index (χ1v) is 7.58. The lowest BCUT2D eigenvalue weighted by Gasteiger charge is -2.35. The van der Waals surface area contributed by atoms with E-state index in [0.29, 0.717) is 5.91 Å². The first kappa shape index (κ1) is 16.5. The maximum Gasteiger partial charge on any atom is 0.225 e. The largest absolute Gasteiger partial charge is 0.340 e. The standard InChI is InChI=1S/C16H32N2O/c1-15(2,3)11-13(12-16(4,5)6)14(19)18-9-7-17-8-10-18/h13,17H,7-12H2,1-6H3. The van der Waals surface area contributed by atoms with Crippen molar-refractivity contribution in [2.75, 3.05) is 26.2 Å². The Hall–Kier alpha value is -0.570. The highest BCUT2D eigenvalue weighted by atomic mass is 16.2. The lowest BCUT2D eigenvalue weighted by atomic mass is 9.76. The molecule has 1 fully saturated rings. The third-order valence-corrected chi connectivity index (χ3v) is 3.50. The summed E-state index contributed by atoms with van der Waals surface area (Å²) in [6.45, 7) is 17.0. The topological polar surface area (TPSA) is 32.3 Å². The maximum atomic E-state index is 12.8. The molecule has 1 N–H and O–H groups in total. The number of rotatable bonds is 3. The van der Waals surface area contributed by atoms with E-state index in [1.165, 1.54) is 0 Å². The van der Waals surface area contributed by atoms with Crippen molar-refractivity contribution in [1.29, 1.82) is 0 Å². The molecule has 3 nitrogen and oxygen atoms in total. The number of carbonyl (C=O) groups is 1. The van der Waals surface area contributed by atoms with Gasteiger partial charge in [-0.1, -0.05) is 41.5 Å². The van der Waals surface area contributed by atoms with E-state index in [1.807, 2.05) is 0 Å². The molecule has 1 rings (SSSR count). The highest BCUT2D eigenvalue weighted by molar-refractivity contribution is 5.79. The zero-order chi connectivity index (χ0) is 14.7. The van der Waals surface area contributed by atoms with Crippen molar-refractivity contribution in [3.05, 3.63) is 0 Å². The van der Waals surface area contributed by atoms with Gasteiger partial charge in [-0.3, -0.25) is 4.79 Å². The number of nitrogens with one attached hydrogen (secondary N) is 1. The van der Waals surface area contributed by atoms with Crippen LogP contribution in [0.2, 0.25) is 0 Å². The Morgan fingerprint density at radius 1 is 1.00 bits per heavy atom. The van der Waals surface area contributed by atoms with Crippen LogP contribution in [0.3, 0.4) is 0 Å². The van der Waals surface area contributed by atoms with E-state index in [0.717, 1.165) is 39.0 Å².